The van der Waals surface area contributed by atoms with Crippen molar-refractivity contribution in [3.8, 4) is 10.4 Å². The van der Waals surface area contributed by atoms with Crippen molar-refractivity contribution in [2.45, 2.75) is 149 Å². The van der Waals surface area contributed by atoms with E-state index in [0.29, 0.717) is 79.0 Å². The Morgan fingerprint density at radius 1 is 0.798 bits per heavy atom. The molecule has 2 amide bonds. The Labute approximate surface area is 496 Å². The Morgan fingerprint density at radius 2 is 1.48 bits per heavy atom. The summed E-state index contributed by atoms with van der Waals surface area (Å²) in [4.78, 5) is 80.0. The summed E-state index contributed by atoms with van der Waals surface area (Å²) >= 11 is 1.60. The fourth-order valence-corrected chi connectivity index (χ4v) is 12.8. The van der Waals surface area contributed by atoms with Gasteiger partial charge in [-0.15, -0.1) is 11.3 Å². The van der Waals surface area contributed by atoms with Crippen molar-refractivity contribution in [1.82, 2.24) is 25.0 Å². The van der Waals surface area contributed by atoms with Crippen LogP contribution in [-0.4, -0.2) is 130 Å². The van der Waals surface area contributed by atoms with E-state index in [-0.39, 0.29) is 61.0 Å². The number of anilines is 3. The topological polar surface area (TPSA) is 190 Å². The minimum absolute atomic E-state index is 0.0480. The first-order valence-electron chi connectivity index (χ1n) is 30.2. The Kier molecular flexibility index (Phi) is 21.3. The lowest BCUT2D eigenvalue weighted by Crippen LogP contribution is -2.48. The number of unbranched alkanes of at least 4 members (excludes halogenated alkanes) is 6. The van der Waals surface area contributed by atoms with E-state index in [1.807, 2.05) is 93.9 Å². The number of fused-ring (bicyclic) bond motifs is 1. The van der Waals surface area contributed by atoms with E-state index in [1.165, 1.54) is 12.1 Å². The minimum atomic E-state index is -0.783. The Morgan fingerprint density at radius 3 is 2.15 bits per heavy atom. The van der Waals surface area contributed by atoms with Crippen molar-refractivity contribution in [1.29, 1.82) is 0 Å². The summed E-state index contributed by atoms with van der Waals surface area (Å²) in [5.41, 5.74) is 8.62. The molecule has 9 rings (SSSR count). The van der Waals surface area contributed by atoms with Gasteiger partial charge in [-0.1, -0.05) is 83.2 Å². The van der Waals surface area contributed by atoms with Crippen LogP contribution < -0.4 is 15.5 Å². The van der Waals surface area contributed by atoms with Gasteiger partial charge in [-0.05, 0) is 116 Å². The van der Waals surface area contributed by atoms with Gasteiger partial charge >= 0.3 is 0 Å². The molecule has 3 atom stereocenters. The molecule has 0 saturated carbocycles. The van der Waals surface area contributed by atoms with Gasteiger partial charge in [0.15, 0.2) is 11.6 Å². The van der Waals surface area contributed by atoms with Gasteiger partial charge < -0.3 is 30.3 Å². The van der Waals surface area contributed by atoms with Crippen molar-refractivity contribution in [2.75, 3.05) is 68.0 Å². The molecule has 3 aliphatic heterocycles. The largest absolute Gasteiger partial charge is 0.391 e. The molecule has 6 aromatic rings. The number of thiazole rings is 1. The van der Waals surface area contributed by atoms with Gasteiger partial charge in [-0.25, -0.2) is 13.8 Å². The molecule has 0 spiro atoms. The predicted molar refractivity (Wildman–Crippen MR) is 327 cm³/mol. The number of β-amino-alcohol motifs (C(OH)–C–C–N with tert-alkyl or cyclic N) is 1. The monoisotopic (exact) mass is 1170 g/mol. The number of benzene rings is 4. The van der Waals surface area contributed by atoms with Gasteiger partial charge in [0.2, 0.25) is 5.91 Å². The summed E-state index contributed by atoms with van der Waals surface area (Å²) < 4.78 is 33.5. The lowest BCUT2D eigenvalue weighted by Gasteiger charge is -2.36. The number of carbonyl (C=O) groups is 5. The van der Waals surface area contributed by atoms with Crippen molar-refractivity contribution in [3.63, 3.8) is 0 Å². The standard InChI is InChI=1S/C66H82F2N8O7S/c1-43-62(84-42-69-43)47-18-14-44(15-19-47)17-23-61(80)60-39-54(79)41-76(60)65(82)57(66(2,3)4)38-52(77)12-10-8-6-5-7-9-11-13-53(78)40-74-26-28-75(29-27-74)51-20-21-55(59(37-51)70-50-24-30-83-31-25-50)64(81)71-63-56-35-45(16-22-58(56)72-73-63)32-46-33-48(67)36-49(68)34-46/h14-16,18-22,33-37,42,50,54,57,60,70,79H,5-13,17,23-32,38-41H2,1-4H3,(H2,71,72,73,81)/t54-,57-,60+/m1/s1. The number of piperazine rings is 1. The van der Waals surface area contributed by atoms with Crippen LogP contribution in [0.25, 0.3) is 21.3 Å². The highest BCUT2D eigenvalue weighted by molar-refractivity contribution is 7.13. The van der Waals surface area contributed by atoms with Crippen LogP contribution in [0.2, 0.25) is 0 Å². The number of Topliss-reactive ketones (excluding diaryl/α,β-unsaturated/α-hetero) is 3. The number of aromatic amines is 1. The van der Waals surface area contributed by atoms with E-state index < -0.39 is 35.1 Å². The van der Waals surface area contributed by atoms with Gasteiger partial charge in [0.1, 0.15) is 23.2 Å². The number of hydrogen-bond acceptors (Lipinski definition) is 13. The smallest absolute Gasteiger partial charge is 0.258 e. The maximum absolute atomic E-state index is 14.2. The van der Waals surface area contributed by atoms with E-state index in [0.717, 1.165) is 123 Å². The molecule has 18 heteroatoms. The third kappa shape index (κ3) is 16.8. The highest BCUT2D eigenvalue weighted by atomic mass is 32.1. The molecule has 3 saturated heterocycles. The summed E-state index contributed by atoms with van der Waals surface area (Å²) in [6.45, 7) is 12.6. The molecule has 84 heavy (non-hydrogen) atoms. The Hall–Kier alpha value is -6.73. The van der Waals surface area contributed by atoms with Gasteiger partial charge in [0.25, 0.3) is 5.91 Å². The average molecular weight is 1170 g/mol. The SMILES string of the molecule is Cc1ncsc1-c1ccc(CCC(=O)[C@@H]2C[C@@H](O)CN2C(=O)[C@@H](CC(=O)CCCCCCCCCC(=O)CN2CCN(c3ccc(C(=O)Nc4n[nH]c5ccc(Cc6cc(F)cc(F)c6)cc45)c(NC4CCOCC4)c3)CC2)C(C)(C)C)cc1. The first-order chi connectivity index (χ1) is 40.4. The number of rotatable bonds is 27. The van der Waals surface area contributed by atoms with Gasteiger partial charge in [0, 0.05) is 113 Å². The molecule has 3 fully saturated rings. The van der Waals surface area contributed by atoms with Gasteiger partial charge in [0.05, 0.1) is 45.9 Å². The maximum Gasteiger partial charge on any atom is 0.258 e. The van der Waals surface area contributed by atoms with Crippen molar-refractivity contribution >= 4 is 68.6 Å². The average Bonchev–Trinajstić information content (AvgIpc) is 4.38. The van der Waals surface area contributed by atoms with Crippen LogP contribution in [0, 0.1) is 29.9 Å². The number of aliphatic hydroxyl groups is 1. The molecule has 448 valence electrons. The summed E-state index contributed by atoms with van der Waals surface area (Å²) in [7, 11) is 0. The zero-order chi connectivity index (χ0) is 59.3. The fraction of sp³-hybridized carbons (Fsp3) is 0.500. The number of carbonyl (C=O) groups excluding carboxylic acids is 5. The fourth-order valence-electron chi connectivity index (χ4n) is 12.0. The number of hydrogen-bond donors (Lipinski definition) is 4. The van der Waals surface area contributed by atoms with Crippen molar-refractivity contribution < 1.29 is 42.6 Å². The zero-order valence-electron chi connectivity index (χ0n) is 49.2. The number of aromatic nitrogens is 3. The van der Waals surface area contributed by atoms with Crippen LogP contribution in [0.5, 0.6) is 0 Å². The number of aliphatic hydroxyl groups excluding tert-OH is 1. The molecule has 2 aromatic heterocycles. The van der Waals surface area contributed by atoms with E-state index in [2.05, 4.69) is 35.6 Å². The molecular weight excluding hydrogens is 1090 g/mol. The molecule has 0 radical (unpaired) electrons. The number of ketones is 3. The van der Waals surface area contributed by atoms with E-state index in [1.54, 1.807) is 16.2 Å². The Bertz CT molecular complexity index is 3210. The third-order valence-electron chi connectivity index (χ3n) is 16.9. The summed E-state index contributed by atoms with van der Waals surface area (Å²) in [6, 6.07) is 22.5. The normalized spacial score (nSPS) is 17.4. The van der Waals surface area contributed by atoms with Crippen LogP contribution in [0.3, 0.4) is 0 Å². The number of likely N-dealkylation sites (tertiary alicyclic amines) is 1. The van der Waals surface area contributed by atoms with Crippen LogP contribution in [0.1, 0.15) is 143 Å². The number of H-pyrrole nitrogens is 1. The zero-order valence-corrected chi connectivity index (χ0v) is 50.0. The number of nitrogens with zero attached hydrogens (tertiary/aromatic N) is 5. The minimum Gasteiger partial charge on any atom is -0.391 e. The van der Waals surface area contributed by atoms with Crippen molar-refractivity contribution in [3.05, 3.63) is 124 Å². The van der Waals surface area contributed by atoms with E-state index in [9.17, 15) is 37.9 Å². The molecular formula is C66H82F2N8O7S. The Balaban J connectivity index is 0.666. The molecule has 15 nitrogen and oxygen atoms in total. The third-order valence-corrected chi connectivity index (χ3v) is 17.9. The van der Waals surface area contributed by atoms with Gasteiger partial charge in [-0.3, -0.25) is 34.0 Å². The summed E-state index contributed by atoms with van der Waals surface area (Å²) in [5, 5.41) is 25.4. The van der Waals surface area contributed by atoms with Crippen LogP contribution in [0.15, 0.2) is 84.4 Å². The van der Waals surface area contributed by atoms with Crippen LogP contribution in [-0.2, 0) is 36.8 Å². The molecule has 0 bridgehead atoms. The second-order valence-corrected chi connectivity index (χ2v) is 25.2. The molecule has 0 aliphatic carbocycles. The van der Waals surface area contributed by atoms with Crippen LogP contribution in [0.4, 0.5) is 26.0 Å². The highest BCUT2D eigenvalue weighted by Crippen LogP contribution is 2.36. The van der Waals surface area contributed by atoms with E-state index in [4.69, 9.17) is 4.74 Å². The van der Waals surface area contributed by atoms with Crippen molar-refractivity contribution in [2.24, 2.45) is 11.3 Å². The molecule has 5 heterocycles. The second kappa shape index (κ2) is 28.9. The summed E-state index contributed by atoms with van der Waals surface area (Å²) in [5.74, 6) is -1.84. The first kappa shape index (κ1) is 61.8. The van der Waals surface area contributed by atoms with E-state index >= 15 is 0 Å². The van der Waals surface area contributed by atoms with Crippen LogP contribution >= 0.6 is 11.3 Å². The molecule has 4 aromatic carbocycles. The summed E-state index contributed by atoms with van der Waals surface area (Å²) in [6.07, 6.45) is 9.75. The number of nitrogens with one attached hydrogen (secondary N) is 3. The predicted octanol–water partition coefficient (Wildman–Crippen LogP) is 11.7. The molecule has 0 unspecified atom stereocenters. The second-order valence-electron chi connectivity index (χ2n) is 24.4. The quantitative estimate of drug-likeness (QED) is 0.0358. The highest BCUT2D eigenvalue weighted by Gasteiger charge is 2.44. The lowest BCUT2D eigenvalue weighted by atomic mass is 9.76. The molecule has 4 N–H and O–H groups in total. The number of ether oxygens (including phenoxy) is 1. The maximum atomic E-state index is 14.2. The van der Waals surface area contributed by atoms with Gasteiger partial charge in [-0.2, -0.15) is 5.10 Å². The molecule has 3 aliphatic rings. The number of amides is 2. The first-order valence-corrected chi connectivity index (χ1v) is 31.0. The number of aryl methyl sites for hydroxylation is 2. The number of halogens is 2. The lowest BCUT2D eigenvalue weighted by molar-refractivity contribution is -0.145.